The molecule has 2 aromatic heterocycles. The molecule has 0 aromatic carbocycles. The van der Waals surface area contributed by atoms with E-state index in [1.165, 1.54) is 0 Å². The molecule has 16 heavy (non-hydrogen) atoms. The molecule has 0 fully saturated rings. The molecule has 0 unspecified atom stereocenters. The maximum absolute atomic E-state index is 5.55. The number of nitrogens with zero attached hydrogens (tertiary/aromatic N) is 1. The lowest BCUT2D eigenvalue weighted by atomic mass is 10.4. The molecule has 2 rings (SSSR count). The van der Waals surface area contributed by atoms with Crippen LogP contribution >= 0.6 is 15.9 Å². The quantitative estimate of drug-likeness (QED) is 0.937. The number of aromatic nitrogens is 1. The molecule has 1 N–H and O–H groups in total. The van der Waals surface area contributed by atoms with E-state index < -0.39 is 0 Å². The average molecular weight is 285 g/mol. The van der Waals surface area contributed by atoms with E-state index in [0.29, 0.717) is 34.7 Å². The van der Waals surface area contributed by atoms with Crippen LogP contribution in [0.15, 0.2) is 31.8 Å². The second-order valence-corrected chi connectivity index (χ2v) is 4.54. The highest BCUT2D eigenvalue weighted by Crippen LogP contribution is 2.25. The Morgan fingerprint density at radius 1 is 1.31 bits per heavy atom. The molecule has 2 aromatic rings. The molecule has 86 valence electrons. The summed E-state index contributed by atoms with van der Waals surface area (Å²) in [6, 6.07) is 4.07. The lowest BCUT2D eigenvalue weighted by Gasteiger charge is -2.03. The van der Waals surface area contributed by atoms with Gasteiger partial charge in [0.25, 0.3) is 0 Å². The van der Waals surface area contributed by atoms with Gasteiger partial charge >= 0.3 is 0 Å². The van der Waals surface area contributed by atoms with E-state index in [9.17, 15) is 0 Å². The third-order valence-electron chi connectivity index (χ3n) is 2.03. The third-order valence-corrected chi connectivity index (χ3v) is 2.46. The second-order valence-electron chi connectivity index (χ2n) is 3.76. The van der Waals surface area contributed by atoms with Gasteiger partial charge in [0.05, 0.1) is 12.7 Å². The summed E-state index contributed by atoms with van der Waals surface area (Å²) in [5.41, 5.74) is 0. The second kappa shape index (κ2) is 4.84. The third kappa shape index (κ3) is 2.74. The van der Waals surface area contributed by atoms with Crippen molar-refractivity contribution in [1.29, 1.82) is 0 Å². The zero-order valence-electron chi connectivity index (χ0n) is 9.16. The molecule has 5 heteroatoms. The fourth-order valence-electron chi connectivity index (χ4n) is 1.24. The smallest absolute Gasteiger partial charge is 0.209 e. The van der Waals surface area contributed by atoms with Crippen molar-refractivity contribution in [2.75, 3.05) is 0 Å². The number of rotatable bonds is 4. The fourth-order valence-corrected chi connectivity index (χ4v) is 1.55. The van der Waals surface area contributed by atoms with Crippen LogP contribution in [0.25, 0.3) is 11.5 Å². The standard InChI is InChI=1S/C11H13BrN2O2/c1-7(2)13-6-11-14-5-9(16-11)8-3-4-10(12)15-8/h3-5,7,13H,6H2,1-2H3. The van der Waals surface area contributed by atoms with Gasteiger partial charge in [-0.2, -0.15) is 0 Å². The molecule has 0 aliphatic rings. The van der Waals surface area contributed by atoms with Crippen LogP contribution in [0.4, 0.5) is 0 Å². The average Bonchev–Trinajstić information content (AvgIpc) is 2.83. The summed E-state index contributed by atoms with van der Waals surface area (Å²) in [7, 11) is 0. The molecule has 0 spiro atoms. The molecule has 0 atom stereocenters. The first-order chi connectivity index (χ1) is 7.65. The number of nitrogens with one attached hydrogen (secondary N) is 1. The van der Waals surface area contributed by atoms with Crippen molar-refractivity contribution in [3.63, 3.8) is 0 Å². The van der Waals surface area contributed by atoms with Crippen LogP contribution in [0.3, 0.4) is 0 Å². The van der Waals surface area contributed by atoms with Crippen molar-refractivity contribution >= 4 is 15.9 Å². The van der Waals surface area contributed by atoms with Gasteiger partial charge in [-0.1, -0.05) is 13.8 Å². The number of hydrogen-bond donors (Lipinski definition) is 1. The SMILES string of the molecule is CC(C)NCc1ncc(-c2ccc(Br)o2)o1. The summed E-state index contributed by atoms with van der Waals surface area (Å²) >= 11 is 3.24. The molecule has 0 bridgehead atoms. The van der Waals surface area contributed by atoms with Crippen molar-refractivity contribution in [3.8, 4) is 11.5 Å². The van der Waals surface area contributed by atoms with Crippen LogP contribution in [-0.2, 0) is 6.54 Å². The van der Waals surface area contributed by atoms with Gasteiger partial charge in [0.15, 0.2) is 16.2 Å². The Balaban J connectivity index is 2.07. The monoisotopic (exact) mass is 284 g/mol. The Labute approximate surface area is 102 Å². The lowest BCUT2D eigenvalue weighted by Crippen LogP contribution is -2.21. The van der Waals surface area contributed by atoms with Gasteiger partial charge in [0, 0.05) is 6.04 Å². The fraction of sp³-hybridized carbons (Fsp3) is 0.364. The molecule has 0 radical (unpaired) electrons. The van der Waals surface area contributed by atoms with Gasteiger partial charge in [-0.25, -0.2) is 4.98 Å². The van der Waals surface area contributed by atoms with Crippen LogP contribution in [-0.4, -0.2) is 11.0 Å². The number of oxazole rings is 1. The predicted octanol–water partition coefficient (Wildman–Crippen LogP) is 3.20. The molecule has 4 nitrogen and oxygen atoms in total. The first-order valence-electron chi connectivity index (χ1n) is 5.09. The van der Waals surface area contributed by atoms with Crippen molar-refractivity contribution in [2.24, 2.45) is 0 Å². The minimum absolute atomic E-state index is 0.410. The molecular formula is C11H13BrN2O2. The normalized spacial score (nSPS) is 11.2. The summed E-state index contributed by atoms with van der Waals surface area (Å²) in [5, 5.41) is 3.24. The molecule has 0 aliphatic carbocycles. The van der Waals surface area contributed by atoms with E-state index in [2.05, 4.69) is 40.1 Å². The minimum Gasteiger partial charge on any atom is -0.446 e. The van der Waals surface area contributed by atoms with Gasteiger partial charge in [-0.05, 0) is 28.1 Å². The van der Waals surface area contributed by atoms with E-state index in [1.807, 2.05) is 12.1 Å². The highest BCUT2D eigenvalue weighted by atomic mass is 79.9. The zero-order chi connectivity index (χ0) is 11.5. The summed E-state index contributed by atoms with van der Waals surface area (Å²) in [6.07, 6.45) is 1.67. The topological polar surface area (TPSA) is 51.2 Å². The first-order valence-corrected chi connectivity index (χ1v) is 5.88. The Hall–Kier alpha value is -1.07. The Bertz CT molecular complexity index is 462. The summed E-state index contributed by atoms with van der Waals surface area (Å²) in [4.78, 5) is 4.17. The van der Waals surface area contributed by atoms with Gasteiger partial charge in [-0.3, -0.25) is 0 Å². The largest absolute Gasteiger partial charge is 0.446 e. The van der Waals surface area contributed by atoms with Gasteiger partial charge in [0.1, 0.15) is 0 Å². The van der Waals surface area contributed by atoms with Gasteiger partial charge in [-0.15, -0.1) is 0 Å². The summed E-state index contributed by atoms with van der Waals surface area (Å²) in [6.45, 7) is 4.78. The van der Waals surface area contributed by atoms with E-state index in [1.54, 1.807) is 6.20 Å². The maximum atomic E-state index is 5.55. The van der Waals surface area contributed by atoms with Crippen LogP contribution in [0, 0.1) is 0 Å². The molecule has 0 aliphatic heterocycles. The van der Waals surface area contributed by atoms with E-state index in [-0.39, 0.29) is 0 Å². The minimum atomic E-state index is 0.410. The summed E-state index contributed by atoms with van der Waals surface area (Å²) < 4.78 is 11.6. The molecule has 2 heterocycles. The van der Waals surface area contributed by atoms with Crippen LogP contribution in [0.2, 0.25) is 0 Å². The van der Waals surface area contributed by atoms with Gasteiger partial charge in [0.2, 0.25) is 5.89 Å². The van der Waals surface area contributed by atoms with Crippen molar-refractivity contribution < 1.29 is 8.83 Å². The highest BCUT2D eigenvalue weighted by molar-refractivity contribution is 9.10. The zero-order valence-corrected chi connectivity index (χ0v) is 10.7. The Morgan fingerprint density at radius 2 is 2.12 bits per heavy atom. The highest BCUT2D eigenvalue weighted by Gasteiger charge is 2.09. The number of halogens is 1. The van der Waals surface area contributed by atoms with Crippen LogP contribution in [0.1, 0.15) is 19.7 Å². The Kier molecular flexibility index (Phi) is 3.46. The van der Waals surface area contributed by atoms with Crippen LogP contribution in [0.5, 0.6) is 0 Å². The predicted molar refractivity (Wildman–Crippen MR) is 63.9 cm³/mol. The van der Waals surface area contributed by atoms with Crippen molar-refractivity contribution in [2.45, 2.75) is 26.4 Å². The number of furan rings is 1. The van der Waals surface area contributed by atoms with Crippen molar-refractivity contribution in [3.05, 3.63) is 28.9 Å². The van der Waals surface area contributed by atoms with E-state index in [4.69, 9.17) is 8.83 Å². The van der Waals surface area contributed by atoms with Gasteiger partial charge < -0.3 is 14.2 Å². The molecule has 0 amide bonds. The summed E-state index contributed by atoms with van der Waals surface area (Å²) in [5.74, 6) is 1.98. The molecule has 0 saturated heterocycles. The van der Waals surface area contributed by atoms with E-state index in [0.717, 1.165) is 0 Å². The van der Waals surface area contributed by atoms with Crippen molar-refractivity contribution in [1.82, 2.24) is 10.3 Å². The Morgan fingerprint density at radius 3 is 2.75 bits per heavy atom. The van der Waals surface area contributed by atoms with Crippen LogP contribution < -0.4 is 5.32 Å². The van der Waals surface area contributed by atoms with E-state index >= 15 is 0 Å². The molecule has 0 saturated carbocycles. The maximum Gasteiger partial charge on any atom is 0.209 e. The first kappa shape index (κ1) is 11.4. The molecular weight excluding hydrogens is 272 g/mol. The lowest BCUT2D eigenvalue weighted by molar-refractivity contribution is 0.445. The number of hydrogen-bond acceptors (Lipinski definition) is 4.